The molecule has 0 aliphatic rings. The van der Waals surface area contributed by atoms with Crippen LogP contribution in [0.25, 0.3) is 0 Å². The van der Waals surface area contributed by atoms with E-state index < -0.39 is 32.7 Å². The highest BCUT2D eigenvalue weighted by atomic mass is 32.2. The van der Waals surface area contributed by atoms with Crippen molar-refractivity contribution in [3.63, 3.8) is 0 Å². The van der Waals surface area contributed by atoms with Crippen molar-refractivity contribution in [3.8, 4) is 0 Å². The van der Waals surface area contributed by atoms with Crippen LogP contribution in [0.3, 0.4) is 0 Å². The van der Waals surface area contributed by atoms with Crippen molar-refractivity contribution in [1.82, 2.24) is 10.0 Å². The number of carbonyl (C=O) groups excluding carboxylic acids is 1. The summed E-state index contributed by atoms with van der Waals surface area (Å²) in [6.45, 7) is 6.71. The minimum atomic E-state index is -3.83. The first-order chi connectivity index (χ1) is 10.9. The fourth-order valence-corrected chi connectivity index (χ4v) is 2.76. The van der Waals surface area contributed by atoms with Gasteiger partial charge in [-0.05, 0) is 39.8 Å². The van der Waals surface area contributed by atoms with E-state index in [-0.39, 0.29) is 17.1 Å². The van der Waals surface area contributed by atoms with Crippen molar-refractivity contribution in [2.45, 2.75) is 44.2 Å². The van der Waals surface area contributed by atoms with Crippen LogP contribution in [0.15, 0.2) is 29.2 Å². The van der Waals surface area contributed by atoms with Gasteiger partial charge < -0.3 is 10.1 Å². The molecule has 0 aliphatic carbocycles. The minimum absolute atomic E-state index is 0.0570. The van der Waals surface area contributed by atoms with E-state index in [2.05, 4.69) is 10.0 Å². The van der Waals surface area contributed by atoms with Crippen LogP contribution in [-0.4, -0.2) is 37.6 Å². The third kappa shape index (κ3) is 6.50. The Bertz CT molecular complexity index is 694. The molecular weight excluding hydrogens is 338 g/mol. The molecule has 0 aliphatic heterocycles. The Balaban J connectivity index is 2.61. The van der Waals surface area contributed by atoms with Gasteiger partial charge in [0.15, 0.2) is 0 Å². The summed E-state index contributed by atoms with van der Waals surface area (Å²) in [6, 6.07) is 4.00. The number of benzene rings is 1. The molecule has 0 bridgehead atoms. The van der Waals surface area contributed by atoms with E-state index in [1.54, 1.807) is 27.7 Å². The largest absolute Gasteiger partial charge is 0.444 e. The van der Waals surface area contributed by atoms with Crippen molar-refractivity contribution >= 4 is 21.8 Å². The van der Waals surface area contributed by atoms with Crippen LogP contribution in [0.1, 0.15) is 27.7 Å². The monoisotopic (exact) mass is 359 g/mol. The highest BCUT2D eigenvalue weighted by Crippen LogP contribution is 2.15. The van der Waals surface area contributed by atoms with E-state index in [4.69, 9.17) is 4.74 Å². The summed E-state index contributed by atoms with van der Waals surface area (Å²) >= 11 is 0. The van der Waals surface area contributed by atoms with Gasteiger partial charge in [-0.1, -0.05) is 0 Å². The SMILES string of the molecule is CC(CNS(=O)(=O)c1ccc([N+](=O)[O-])cc1)NC(=O)OC(C)(C)C. The zero-order valence-corrected chi connectivity index (χ0v) is 14.7. The summed E-state index contributed by atoms with van der Waals surface area (Å²) < 4.78 is 31.6. The molecule has 1 aromatic rings. The van der Waals surface area contributed by atoms with Gasteiger partial charge in [0.1, 0.15) is 5.60 Å². The fourth-order valence-electron chi connectivity index (χ4n) is 1.62. The van der Waals surface area contributed by atoms with Crippen LogP contribution >= 0.6 is 0 Å². The van der Waals surface area contributed by atoms with Crippen molar-refractivity contribution in [3.05, 3.63) is 34.4 Å². The summed E-state index contributed by atoms with van der Waals surface area (Å²) in [5, 5.41) is 13.1. The Kier molecular flexibility index (Phi) is 6.27. The number of nitro benzene ring substituents is 1. The number of amides is 1. The molecule has 0 radical (unpaired) electrons. The number of sulfonamides is 1. The molecule has 1 atom stereocenters. The molecule has 1 rings (SSSR count). The highest BCUT2D eigenvalue weighted by molar-refractivity contribution is 7.89. The second-order valence-corrected chi connectivity index (χ2v) is 7.92. The van der Waals surface area contributed by atoms with Gasteiger partial charge in [0.2, 0.25) is 10.0 Å². The average Bonchev–Trinajstić information content (AvgIpc) is 2.43. The quantitative estimate of drug-likeness (QED) is 0.589. The number of nitro groups is 1. The zero-order chi connectivity index (χ0) is 18.5. The summed E-state index contributed by atoms with van der Waals surface area (Å²) in [4.78, 5) is 21.4. The van der Waals surface area contributed by atoms with Gasteiger partial charge in [0, 0.05) is 24.7 Å². The number of carbonyl (C=O) groups is 1. The van der Waals surface area contributed by atoms with Gasteiger partial charge in [-0.3, -0.25) is 10.1 Å². The zero-order valence-electron chi connectivity index (χ0n) is 13.9. The molecule has 10 heteroatoms. The second kappa shape index (κ2) is 7.58. The first-order valence-corrected chi connectivity index (χ1v) is 8.63. The maximum Gasteiger partial charge on any atom is 0.407 e. The Morgan fingerprint density at radius 3 is 2.29 bits per heavy atom. The number of nitrogens with zero attached hydrogens (tertiary/aromatic N) is 1. The molecular formula is C14H21N3O6S. The topological polar surface area (TPSA) is 128 Å². The highest BCUT2D eigenvalue weighted by Gasteiger charge is 2.20. The maximum absolute atomic E-state index is 12.1. The number of hydrogen-bond donors (Lipinski definition) is 2. The van der Waals surface area contributed by atoms with E-state index in [9.17, 15) is 23.3 Å². The molecule has 134 valence electrons. The maximum atomic E-state index is 12.1. The first-order valence-electron chi connectivity index (χ1n) is 7.14. The van der Waals surface area contributed by atoms with Crippen LogP contribution < -0.4 is 10.0 Å². The number of hydrogen-bond acceptors (Lipinski definition) is 6. The van der Waals surface area contributed by atoms with E-state index >= 15 is 0 Å². The number of rotatable bonds is 6. The third-order valence-corrected chi connectivity index (χ3v) is 4.14. The number of ether oxygens (including phenoxy) is 1. The smallest absolute Gasteiger partial charge is 0.407 e. The normalized spacial score (nSPS) is 13.2. The van der Waals surface area contributed by atoms with Crippen molar-refractivity contribution in [2.75, 3.05) is 6.54 Å². The van der Waals surface area contributed by atoms with Crippen LogP contribution in [-0.2, 0) is 14.8 Å². The average molecular weight is 359 g/mol. The van der Waals surface area contributed by atoms with E-state index in [0.717, 1.165) is 24.3 Å². The number of alkyl carbamates (subject to hydrolysis) is 1. The van der Waals surface area contributed by atoms with Crippen LogP contribution in [0.5, 0.6) is 0 Å². The molecule has 1 amide bonds. The Labute approximate surface area is 140 Å². The summed E-state index contributed by atoms with van der Waals surface area (Å²) in [5.74, 6) is 0. The predicted octanol–water partition coefficient (Wildman–Crippen LogP) is 1.79. The molecule has 0 heterocycles. The Hall–Kier alpha value is -2.20. The molecule has 1 unspecified atom stereocenters. The van der Waals surface area contributed by atoms with Crippen molar-refractivity contribution < 1.29 is 22.9 Å². The lowest BCUT2D eigenvalue weighted by Gasteiger charge is -2.22. The summed E-state index contributed by atoms with van der Waals surface area (Å²) in [7, 11) is -3.83. The summed E-state index contributed by atoms with van der Waals surface area (Å²) in [5.41, 5.74) is -0.851. The molecule has 1 aromatic carbocycles. The van der Waals surface area contributed by atoms with Gasteiger partial charge in [0.25, 0.3) is 5.69 Å². The molecule has 0 saturated carbocycles. The standard InChI is InChI=1S/C14H21N3O6S/c1-10(16-13(18)23-14(2,3)4)9-15-24(21,22)12-7-5-11(6-8-12)17(19)20/h5-8,10,15H,9H2,1-4H3,(H,16,18). The molecule has 0 saturated heterocycles. The van der Waals surface area contributed by atoms with E-state index in [1.807, 2.05) is 0 Å². The molecule has 0 spiro atoms. The van der Waals surface area contributed by atoms with Crippen molar-refractivity contribution in [1.29, 1.82) is 0 Å². The predicted molar refractivity (Wildman–Crippen MR) is 87.1 cm³/mol. The van der Waals surface area contributed by atoms with Gasteiger partial charge in [-0.15, -0.1) is 0 Å². The van der Waals surface area contributed by atoms with Gasteiger partial charge >= 0.3 is 6.09 Å². The lowest BCUT2D eigenvalue weighted by Crippen LogP contribution is -2.43. The number of non-ortho nitro benzene ring substituents is 1. The van der Waals surface area contributed by atoms with Crippen LogP contribution in [0.4, 0.5) is 10.5 Å². The fraction of sp³-hybridized carbons (Fsp3) is 0.500. The van der Waals surface area contributed by atoms with Crippen molar-refractivity contribution in [2.24, 2.45) is 0 Å². The minimum Gasteiger partial charge on any atom is -0.444 e. The molecule has 0 aromatic heterocycles. The van der Waals surface area contributed by atoms with E-state index in [1.165, 1.54) is 0 Å². The molecule has 24 heavy (non-hydrogen) atoms. The lowest BCUT2D eigenvalue weighted by molar-refractivity contribution is -0.384. The molecule has 0 fully saturated rings. The number of nitrogens with one attached hydrogen (secondary N) is 2. The van der Waals surface area contributed by atoms with Gasteiger partial charge in [0.05, 0.1) is 9.82 Å². The van der Waals surface area contributed by atoms with Gasteiger partial charge in [-0.25, -0.2) is 17.9 Å². The molecule has 2 N–H and O–H groups in total. The van der Waals surface area contributed by atoms with E-state index in [0.29, 0.717) is 0 Å². The Morgan fingerprint density at radius 1 is 1.29 bits per heavy atom. The Morgan fingerprint density at radius 2 is 1.83 bits per heavy atom. The van der Waals surface area contributed by atoms with Crippen LogP contribution in [0, 0.1) is 10.1 Å². The summed E-state index contributed by atoms with van der Waals surface area (Å²) in [6.07, 6.45) is -0.649. The lowest BCUT2D eigenvalue weighted by atomic mass is 10.2. The molecule has 9 nitrogen and oxygen atoms in total. The van der Waals surface area contributed by atoms with Gasteiger partial charge in [-0.2, -0.15) is 0 Å². The first kappa shape index (κ1) is 19.8. The third-order valence-electron chi connectivity index (χ3n) is 2.70. The second-order valence-electron chi connectivity index (χ2n) is 6.15. The van der Waals surface area contributed by atoms with Crippen LogP contribution in [0.2, 0.25) is 0 Å².